The monoisotopic (exact) mass is 105 g/mol. The third-order valence-electron chi connectivity index (χ3n) is 0.630. The van der Waals surface area contributed by atoms with Crippen LogP contribution in [0.1, 0.15) is 0 Å². The van der Waals surface area contributed by atoms with Crippen molar-refractivity contribution in [2.24, 2.45) is 0 Å². The van der Waals surface area contributed by atoms with Gasteiger partial charge in [-0.1, -0.05) is 0 Å². The Morgan fingerprint density at radius 3 is 2.29 bits per heavy atom. The van der Waals surface area contributed by atoms with Gasteiger partial charge in [0.2, 0.25) is 0 Å². The maximum Gasteiger partial charge on any atom is 0.0946 e. The van der Waals surface area contributed by atoms with Crippen LogP contribution in [0.3, 0.4) is 0 Å². The van der Waals surface area contributed by atoms with Crippen molar-refractivity contribution in [2.45, 2.75) is 0 Å². The highest BCUT2D eigenvalue weighted by molar-refractivity contribution is 4.35. The molecule has 0 aliphatic heterocycles. The average Bonchev–Trinajstić information content (AvgIpc) is 1.61. The molecule has 44 valence electrons. The number of nitrogens with zero attached hydrogens (tertiary/aromatic N) is 1. The van der Waals surface area contributed by atoms with Crippen LogP contribution in [0.4, 0.5) is 0 Å². The highest BCUT2D eigenvalue weighted by Gasteiger charge is 1.85. The van der Waals surface area contributed by atoms with Crippen LogP contribution >= 0.6 is 0 Å². The molecule has 0 atom stereocenters. The Kier molecular flexibility index (Phi) is 3.98. The quantitative estimate of drug-likeness (QED) is 0.406. The maximum absolute atomic E-state index is 7.79. The zero-order chi connectivity index (χ0) is 5.70. The minimum atomic E-state index is 0.382. The molecule has 0 saturated heterocycles. The van der Waals surface area contributed by atoms with Gasteiger partial charge < -0.3 is 4.90 Å². The fourth-order valence-electron chi connectivity index (χ4n) is 0.223. The lowest BCUT2D eigenvalue weighted by atomic mass is 10.6. The van der Waals surface area contributed by atoms with Gasteiger partial charge in [-0.25, -0.2) is 4.89 Å². The largest absolute Gasteiger partial charge is 0.307 e. The molecule has 0 rings (SSSR count). The molecule has 0 aliphatic rings. The zero-order valence-electron chi connectivity index (χ0n) is 4.72. The van der Waals surface area contributed by atoms with E-state index in [9.17, 15) is 0 Å². The van der Waals surface area contributed by atoms with Crippen molar-refractivity contribution < 1.29 is 10.1 Å². The predicted octanol–water partition coefficient (Wildman–Crippen LogP) is 0.0376. The molecule has 0 unspecified atom stereocenters. The molecule has 0 saturated carbocycles. The fourth-order valence-corrected chi connectivity index (χ4v) is 0.223. The van der Waals surface area contributed by atoms with Gasteiger partial charge in [0, 0.05) is 6.54 Å². The first-order valence-corrected chi connectivity index (χ1v) is 2.18. The summed E-state index contributed by atoms with van der Waals surface area (Å²) in [6, 6.07) is 0. The Hall–Kier alpha value is -0.120. The number of hydrogen-bond acceptors (Lipinski definition) is 3. The third-order valence-corrected chi connectivity index (χ3v) is 0.630. The molecule has 0 heterocycles. The first kappa shape index (κ1) is 6.88. The van der Waals surface area contributed by atoms with Crippen LogP contribution < -0.4 is 0 Å². The minimum absolute atomic E-state index is 0.382. The first-order chi connectivity index (χ1) is 3.27. The van der Waals surface area contributed by atoms with E-state index in [2.05, 4.69) is 4.89 Å². The van der Waals surface area contributed by atoms with Crippen LogP contribution in [0.25, 0.3) is 0 Å². The molecule has 0 bridgehead atoms. The zero-order valence-corrected chi connectivity index (χ0v) is 4.72. The van der Waals surface area contributed by atoms with Crippen molar-refractivity contribution in [2.75, 3.05) is 27.2 Å². The molecule has 0 aliphatic carbocycles. The summed E-state index contributed by atoms with van der Waals surface area (Å²) in [4.78, 5) is 5.74. The Morgan fingerprint density at radius 2 is 2.14 bits per heavy atom. The van der Waals surface area contributed by atoms with Gasteiger partial charge in [0.15, 0.2) is 0 Å². The molecule has 0 aromatic heterocycles. The lowest BCUT2D eigenvalue weighted by Crippen LogP contribution is -2.17. The van der Waals surface area contributed by atoms with Crippen LogP contribution in [0, 0.1) is 0 Å². The number of hydrogen-bond donors (Lipinski definition) is 1. The standard InChI is InChI=1S/C4H11NO2/c1-5(2)3-4-7-6/h6H,3-4H2,1-2H3. The summed E-state index contributed by atoms with van der Waals surface area (Å²) in [5, 5.41) is 7.79. The van der Waals surface area contributed by atoms with Crippen LogP contribution in [0.2, 0.25) is 0 Å². The van der Waals surface area contributed by atoms with Crippen LogP contribution in [-0.2, 0) is 4.89 Å². The fraction of sp³-hybridized carbons (Fsp3) is 1.00. The summed E-state index contributed by atoms with van der Waals surface area (Å²) in [7, 11) is 3.83. The van der Waals surface area contributed by atoms with Gasteiger partial charge in [0.05, 0.1) is 6.61 Å². The Balaban J connectivity index is 2.68. The minimum Gasteiger partial charge on any atom is -0.307 e. The molecular weight excluding hydrogens is 94.0 g/mol. The predicted molar refractivity (Wildman–Crippen MR) is 27.1 cm³/mol. The van der Waals surface area contributed by atoms with Gasteiger partial charge in [-0.2, -0.15) is 0 Å². The van der Waals surface area contributed by atoms with Crippen molar-refractivity contribution in [1.82, 2.24) is 4.90 Å². The summed E-state index contributed by atoms with van der Waals surface area (Å²) in [6.07, 6.45) is 0. The van der Waals surface area contributed by atoms with Gasteiger partial charge in [0.25, 0.3) is 0 Å². The van der Waals surface area contributed by atoms with Crippen molar-refractivity contribution in [3.05, 3.63) is 0 Å². The summed E-state index contributed by atoms with van der Waals surface area (Å²) in [5.74, 6) is 0. The van der Waals surface area contributed by atoms with Crippen molar-refractivity contribution >= 4 is 0 Å². The molecule has 3 nitrogen and oxygen atoms in total. The summed E-state index contributed by atoms with van der Waals surface area (Å²) >= 11 is 0. The molecule has 0 aromatic carbocycles. The molecule has 1 N–H and O–H groups in total. The highest BCUT2D eigenvalue weighted by atomic mass is 17.1. The van der Waals surface area contributed by atoms with E-state index < -0.39 is 0 Å². The Labute approximate surface area is 43.4 Å². The van der Waals surface area contributed by atoms with Gasteiger partial charge in [-0.15, -0.1) is 0 Å². The smallest absolute Gasteiger partial charge is 0.0946 e. The van der Waals surface area contributed by atoms with E-state index in [0.29, 0.717) is 6.61 Å². The average molecular weight is 105 g/mol. The van der Waals surface area contributed by atoms with E-state index in [-0.39, 0.29) is 0 Å². The van der Waals surface area contributed by atoms with E-state index in [4.69, 9.17) is 5.26 Å². The van der Waals surface area contributed by atoms with Crippen molar-refractivity contribution in [3.63, 3.8) is 0 Å². The van der Waals surface area contributed by atoms with Gasteiger partial charge in [-0.05, 0) is 14.1 Å². The van der Waals surface area contributed by atoms with Crippen molar-refractivity contribution in [1.29, 1.82) is 0 Å². The molecule has 0 spiro atoms. The lowest BCUT2D eigenvalue weighted by Gasteiger charge is -2.05. The molecule has 0 amide bonds. The second-order valence-corrected chi connectivity index (χ2v) is 1.64. The lowest BCUT2D eigenvalue weighted by molar-refractivity contribution is -0.243. The topological polar surface area (TPSA) is 32.7 Å². The highest BCUT2D eigenvalue weighted by Crippen LogP contribution is 1.71. The molecule has 0 radical (unpaired) electrons. The Bertz CT molecular complexity index is 38.7. The molecular formula is C4H11NO2. The van der Waals surface area contributed by atoms with E-state index in [1.807, 2.05) is 19.0 Å². The molecule has 3 heteroatoms. The summed E-state index contributed by atoms with van der Waals surface area (Å²) in [5.41, 5.74) is 0. The second-order valence-electron chi connectivity index (χ2n) is 1.64. The van der Waals surface area contributed by atoms with Gasteiger partial charge in [0.1, 0.15) is 0 Å². The summed E-state index contributed by atoms with van der Waals surface area (Å²) in [6.45, 7) is 1.14. The number of rotatable bonds is 3. The normalized spacial score (nSPS) is 10.3. The second kappa shape index (κ2) is 4.05. The summed E-state index contributed by atoms with van der Waals surface area (Å²) < 4.78 is 0. The van der Waals surface area contributed by atoms with Gasteiger partial charge in [-0.3, -0.25) is 5.26 Å². The van der Waals surface area contributed by atoms with E-state index in [1.54, 1.807) is 0 Å². The maximum atomic E-state index is 7.79. The molecule has 0 fully saturated rings. The van der Waals surface area contributed by atoms with Crippen LogP contribution in [0.15, 0.2) is 0 Å². The Morgan fingerprint density at radius 1 is 1.57 bits per heavy atom. The third kappa shape index (κ3) is 5.88. The van der Waals surface area contributed by atoms with Crippen molar-refractivity contribution in [3.8, 4) is 0 Å². The SMILES string of the molecule is CN(C)CCOO. The first-order valence-electron chi connectivity index (χ1n) is 2.18. The van der Waals surface area contributed by atoms with E-state index >= 15 is 0 Å². The van der Waals surface area contributed by atoms with Crippen LogP contribution in [-0.4, -0.2) is 37.4 Å². The molecule has 7 heavy (non-hydrogen) atoms. The van der Waals surface area contributed by atoms with Gasteiger partial charge >= 0.3 is 0 Å². The molecule has 0 aromatic rings. The number of likely N-dealkylation sites (N-methyl/N-ethyl adjacent to an activating group) is 1. The van der Waals surface area contributed by atoms with E-state index in [0.717, 1.165) is 6.54 Å². The van der Waals surface area contributed by atoms with E-state index in [1.165, 1.54) is 0 Å². The van der Waals surface area contributed by atoms with Crippen LogP contribution in [0.5, 0.6) is 0 Å².